The third-order valence-corrected chi connectivity index (χ3v) is 6.15. The molecule has 152 valence electrons. The Kier molecular flexibility index (Phi) is 4.46. The van der Waals surface area contributed by atoms with E-state index in [-0.39, 0.29) is 24.1 Å². The number of rotatable bonds is 4. The fourth-order valence-corrected chi connectivity index (χ4v) is 4.44. The van der Waals surface area contributed by atoms with Gasteiger partial charge in [0.2, 0.25) is 0 Å². The van der Waals surface area contributed by atoms with Crippen LogP contribution in [0.5, 0.6) is 0 Å². The summed E-state index contributed by atoms with van der Waals surface area (Å²) < 4.78 is 17.1. The Morgan fingerprint density at radius 3 is 2.54 bits per heavy atom. The van der Waals surface area contributed by atoms with Crippen molar-refractivity contribution in [1.29, 1.82) is 0 Å². The van der Waals surface area contributed by atoms with Crippen molar-refractivity contribution in [2.75, 3.05) is 30.4 Å². The Morgan fingerprint density at radius 1 is 1.25 bits per heavy atom. The summed E-state index contributed by atoms with van der Waals surface area (Å²) in [6.45, 7) is 3.80. The first kappa shape index (κ1) is 18.9. The van der Waals surface area contributed by atoms with Gasteiger partial charge in [-0.3, -0.25) is 9.20 Å². The van der Waals surface area contributed by atoms with Crippen LogP contribution < -0.4 is 22.0 Å². The first-order chi connectivity index (χ1) is 13.3. The second-order valence-electron chi connectivity index (χ2n) is 7.95. The highest BCUT2D eigenvalue weighted by Gasteiger charge is 2.35. The summed E-state index contributed by atoms with van der Waals surface area (Å²) in [5.74, 6) is 5.02. The minimum absolute atomic E-state index is 0.0249. The molecule has 3 heterocycles. The van der Waals surface area contributed by atoms with E-state index in [1.54, 1.807) is 6.92 Å². The molecule has 2 atom stereocenters. The number of nitrogen functional groups attached to an aromatic ring is 1. The van der Waals surface area contributed by atoms with Crippen LogP contribution in [0.1, 0.15) is 42.0 Å². The van der Waals surface area contributed by atoms with E-state index in [1.807, 2.05) is 4.90 Å². The molecule has 1 saturated heterocycles. The van der Waals surface area contributed by atoms with Crippen molar-refractivity contribution >= 4 is 11.2 Å². The van der Waals surface area contributed by atoms with Crippen LogP contribution in [0.15, 0.2) is 9.59 Å². The molecule has 2 unspecified atom stereocenters. The van der Waals surface area contributed by atoms with E-state index in [4.69, 9.17) is 5.84 Å². The minimum atomic E-state index is -0.857. The molecule has 0 spiro atoms. The molecule has 2 fully saturated rings. The van der Waals surface area contributed by atoms with E-state index in [2.05, 4.69) is 0 Å². The molecule has 0 aromatic carbocycles. The first-order valence-corrected chi connectivity index (χ1v) is 9.57. The number of aryl methyl sites for hydroxylation is 2. The lowest BCUT2D eigenvalue weighted by Crippen LogP contribution is -2.45. The highest BCUT2D eigenvalue weighted by atomic mass is 19.1. The van der Waals surface area contributed by atoms with Crippen molar-refractivity contribution in [3.05, 3.63) is 43.5 Å². The summed E-state index contributed by atoms with van der Waals surface area (Å²) in [4.78, 5) is 27.2. The molecule has 0 bridgehead atoms. The summed E-state index contributed by atoms with van der Waals surface area (Å²) in [5.41, 5.74) is 0.606. The standard InChI is InChI=1S/C19H25FN4O4/c1-9-16-14(11-3-4-11)18(27)24(21)19(28)23(16)10(2)15(20)17(9)22-6-5-12(7-22)13(26)8-25/h11-13,25-26H,3-8,21H2,1-2H3. The quantitative estimate of drug-likeness (QED) is 0.631. The molecular formula is C19H25FN4O4. The Hall–Kier alpha value is -2.39. The maximum atomic E-state index is 15.4. The first-order valence-electron chi connectivity index (χ1n) is 9.57. The molecule has 4 N–H and O–H groups in total. The van der Waals surface area contributed by atoms with Gasteiger partial charge < -0.3 is 21.0 Å². The summed E-state index contributed by atoms with van der Waals surface area (Å²) in [6, 6.07) is 0. The average molecular weight is 392 g/mol. The van der Waals surface area contributed by atoms with Gasteiger partial charge in [-0.1, -0.05) is 0 Å². The smallest absolute Gasteiger partial charge is 0.354 e. The van der Waals surface area contributed by atoms with Crippen molar-refractivity contribution in [3.8, 4) is 0 Å². The predicted molar refractivity (Wildman–Crippen MR) is 103 cm³/mol. The van der Waals surface area contributed by atoms with Crippen molar-refractivity contribution in [2.24, 2.45) is 5.92 Å². The van der Waals surface area contributed by atoms with Gasteiger partial charge in [0.15, 0.2) is 5.82 Å². The Balaban J connectivity index is 1.98. The van der Waals surface area contributed by atoms with Crippen LogP contribution in [0, 0.1) is 25.6 Å². The van der Waals surface area contributed by atoms with Gasteiger partial charge >= 0.3 is 5.69 Å². The van der Waals surface area contributed by atoms with E-state index in [9.17, 15) is 19.8 Å². The van der Waals surface area contributed by atoms with Crippen LogP contribution in [-0.4, -0.2) is 45.1 Å². The summed E-state index contributed by atoms with van der Waals surface area (Å²) in [7, 11) is 0. The lowest BCUT2D eigenvalue weighted by Gasteiger charge is -2.26. The number of aliphatic hydroxyl groups excluding tert-OH is 2. The Bertz CT molecular complexity index is 1070. The number of nitrogens with two attached hydrogens (primary N) is 1. The van der Waals surface area contributed by atoms with Gasteiger partial charge in [-0.25, -0.2) is 9.18 Å². The third kappa shape index (κ3) is 2.64. The van der Waals surface area contributed by atoms with Gasteiger partial charge in [0.1, 0.15) is 0 Å². The molecular weight excluding hydrogens is 367 g/mol. The van der Waals surface area contributed by atoms with Crippen LogP contribution in [0.4, 0.5) is 10.1 Å². The monoisotopic (exact) mass is 392 g/mol. The van der Waals surface area contributed by atoms with Crippen LogP contribution in [-0.2, 0) is 0 Å². The number of aromatic nitrogens is 2. The average Bonchev–Trinajstić information content (AvgIpc) is 3.40. The topological polar surface area (TPSA) is 113 Å². The van der Waals surface area contributed by atoms with Crippen molar-refractivity contribution in [1.82, 2.24) is 9.08 Å². The third-order valence-electron chi connectivity index (χ3n) is 6.15. The van der Waals surface area contributed by atoms with Gasteiger partial charge in [0, 0.05) is 30.1 Å². The number of hydrogen-bond acceptors (Lipinski definition) is 6. The predicted octanol–water partition coefficient (Wildman–Crippen LogP) is -0.0122. The normalized spacial score (nSPS) is 20.9. The molecule has 1 aliphatic heterocycles. The van der Waals surface area contributed by atoms with Gasteiger partial charge in [-0.15, -0.1) is 0 Å². The van der Waals surface area contributed by atoms with Crippen LogP contribution in [0.2, 0.25) is 0 Å². The highest BCUT2D eigenvalue weighted by Crippen LogP contribution is 2.42. The molecule has 9 heteroatoms. The number of anilines is 1. The molecule has 2 aromatic heterocycles. The van der Waals surface area contributed by atoms with Gasteiger partial charge in [0.05, 0.1) is 29.6 Å². The van der Waals surface area contributed by atoms with E-state index in [0.29, 0.717) is 46.5 Å². The number of aliphatic hydroxyl groups is 2. The molecule has 0 radical (unpaired) electrons. The lowest BCUT2D eigenvalue weighted by molar-refractivity contribution is 0.0545. The number of fused-ring (bicyclic) bond motifs is 1. The SMILES string of the molecule is Cc1c(N2CCC(C(O)CO)C2)c(F)c(C)n2c(=O)n(N)c(=O)c(C3CC3)c12. The maximum Gasteiger partial charge on any atom is 0.354 e. The summed E-state index contributed by atoms with van der Waals surface area (Å²) in [5, 5.41) is 19.2. The fraction of sp³-hybridized carbons (Fsp3) is 0.579. The number of nitrogens with zero attached hydrogens (tertiary/aromatic N) is 3. The molecule has 2 aliphatic rings. The van der Waals surface area contributed by atoms with Crippen LogP contribution in [0.25, 0.3) is 5.52 Å². The van der Waals surface area contributed by atoms with E-state index in [0.717, 1.165) is 12.8 Å². The molecule has 2 aromatic rings. The van der Waals surface area contributed by atoms with E-state index >= 15 is 4.39 Å². The van der Waals surface area contributed by atoms with Crippen molar-refractivity contribution < 1.29 is 14.6 Å². The molecule has 4 rings (SSSR count). The molecule has 0 amide bonds. The second-order valence-corrected chi connectivity index (χ2v) is 7.95. The van der Waals surface area contributed by atoms with Gasteiger partial charge in [-0.2, -0.15) is 4.68 Å². The molecule has 28 heavy (non-hydrogen) atoms. The molecule has 8 nitrogen and oxygen atoms in total. The van der Waals surface area contributed by atoms with Crippen LogP contribution in [0.3, 0.4) is 0 Å². The lowest BCUT2D eigenvalue weighted by atomic mass is 10.0. The Morgan fingerprint density at radius 2 is 1.93 bits per heavy atom. The molecule has 1 saturated carbocycles. The maximum absolute atomic E-state index is 15.4. The summed E-state index contributed by atoms with van der Waals surface area (Å²) in [6.07, 6.45) is 1.44. The zero-order chi connectivity index (χ0) is 20.3. The van der Waals surface area contributed by atoms with Gasteiger partial charge in [0.25, 0.3) is 5.56 Å². The number of halogens is 1. The fourth-order valence-electron chi connectivity index (χ4n) is 4.44. The largest absolute Gasteiger partial charge is 0.394 e. The van der Waals surface area contributed by atoms with Crippen molar-refractivity contribution in [2.45, 2.75) is 45.1 Å². The minimum Gasteiger partial charge on any atom is -0.394 e. The number of pyridine rings is 1. The van der Waals surface area contributed by atoms with Crippen LogP contribution >= 0.6 is 0 Å². The van der Waals surface area contributed by atoms with Gasteiger partial charge in [-0.05, 0) is 39.0 Å². The Labute approximate surface area is 160 Å². The zero-order valence-corrected chi connectivity index (χ0v) is 16.0. The van der Waals surface area contributed by atoms with Crippen molar-refractivity contribution in [3.63, 3.8) is 0 Å². The summed E-state index contributed by atoms with van der Waals surface area (Å²) >= 11 is 0. The number of hydrogen-bond donors (Lipinski definition) is 3. The highest BCUT2D eigenvalue weighted by molar-refractivity contribution is 5.73. The van der Waals surface area contributed by atoms with E-state index in [1.165, 1.54) is 11.3 Å². The zero-order valence-electron chi connectivity index (χ0n) is 16.0. The second kappa shape index (κ2) is 6.59. The van der Waals surface area contributed by atoms with E-state index < -0.39 is 23.2 Å². The molecule has 1 aliphatic carbocycles.